The van der Waals surface area contributed by atoms with Crippen LogP contribution in [-0.4, -0.2) is 23.8 Å². The summed E-state index contributed by atoms with van der Waals surface area (Å²) in [4.78, 5) is 0. The number of aliphatic hydroxyl groups excluding tert-OH is 1. The fourth-order valence-corrected chi connectivity index (χ4v) is 1.33. The average Bonchev–Trinajstić information content (AvgIpc) is 2.86. The van der Waals surface area contributed by atoms with E-state index in [4.69, 9.17) is 10.9 Å². The Morgan fingerprint density at radius 1 is 1.69 bits per heavy atom. The Balaban J connectivity index is 2.48. The van der Waals surface area contributed by atoms with Crippen LogP contribution >= 0.6 is 0 Å². The molecule has 0 aromatic heterocycles. The van der Waals surface area contributed by atoms with Crippen LogP contribution < -0.4 is 5.84 Å². The Morgan fingerprint density at radius 2 is 2.31 bits per heavy atom. The molecule has 3 heteroatoms. The maximum Gasteiger partial charge on any atom is 0.0491 e. The molecule has 13 heavy (non-hydrogen) atoms. The molecule has 0 heterocycles. The van der Waals surface area contributed by atoms with Gasteiger partial charge in [0, 0.05) is 19.4 Å². The van der Waals surface area contributed by atoms with Gasteiger partial charge in [-0.2, -0.15) is 0 Å². The third-order valence-corrected chi connectivity index (χ3v) is 2.41. The number of hydrazine groups is 1. The van der Waals surface area contributed by atoms with Gasteiger partial charge < -0.3 is 10.1 Å². The Morgan fingerprint density at radius 3 is 2.69 bits per heavy atom. The van der Waals surface area contributed by atoms with E-state index in [-0.39, 0.29) is 12.5 Å². The Labute approximate surface area is 80.2 Å². The van der Waals surface area contributed by atoms with E-state index in [9.17, 15) is 0 Å². The van der Waals surface area contributed by atoms with Crippen molar-refractivity contribution in [2.24, 2.45) is 17.7 Å². The fourth-order valence-electron chi connectivity index (χ4n) is 1.33. The van der Waals surface area contributed by atoms with Gasteiger partial charge in [0.15, 0.2) is 0 Å². The van der Waals surface area contributed by atoms with Gasteiger partial charge in [0.05, 0.1) is 0 Å². The molecule has 76 valence electrons. The minimum absolute atomic E-state index is 0.196. The first-order chi connectivity index (χ1) is 6.13. The average molecular weight is 184 g/mol. The van der Waals surface area contributed by atoms with Gasteiger partial charge in [0.1, 0.15) is 0 Å². The van der Waals surface area contributed by atoms with E-state index in [2.05, 4.69) is 6.08 Å². The highest BCUT2D eigenvalue weighted by Crippen LogP contribution is 2.35. The van der Waals surface area contributed by atoms with Crippen LogP contribution in [0.5, 0.6) is 0 Å². The molecule has 1 fully saturated rings. The predicted octanol–water partition coefficient (Wildman–Crippen LogP) is 1.10. The fraction of sp³-hybridized carbons (Fsp3) is 0.800. The monoisotopic (exact) mass is 184 g/mol. The smallest absolute Gasteiger partial charge is 0.0491 e. The number of aliphatic hydroxyl groups is 1. The second-order valence-corrected chi connectivity index (χ2v) is 4.08. The van der Waals surface area contributed by atoms with Crippen molar-refractivity contribution in [2.45, 2.75) is 26.2 Å². The van der Waals surface area contributed by atoms with E-state index in [0.717, 1.165) is 18.0 Å². The van der Waals surface area contributed by atoms with Crippen LogP contribution in [0.15, 0.2) is 11.8 Å². The zero-order chi connectivity index (χ0) is 9.84. The summed E-state index contributed by atoms with van der Waals surface area (Å²) < 4.78 is 0. The maximum absolute atomic E-state index is 8.91. The zero-order valence-electron chi connectivity index (χ0n) is 8.53. The lowest BCUT2D eigenvalue weighted by Gasteiger charge is -2.18. The van der Waals surface area contributed by atoms with Crippen molar-refractivity contribution < 1.29 is 5.11 Å². The SMILES string of the molecule is CC(/C=C(/CC1CC1)N(C)N)CO. The van der Waals surface area contributed by atoms with Crippen LogP contribution in [0.3, 0.4) is 0 Å². The van der Waals surface area contributed by atoms with E-state index in [1.165, 1.54) is 12.8 Å². The van der Waals surface area contributed by atoms with Gasteiger partial charge >= 0.3 is 0 Å². The highest BCUT2D eigenvalue weighted by atomic mass is 16.3. The summed E-state index contributed by atoms with van der Waals surface area (Å²) in [6, 6.07) is 0. The van der Waals surface area contributed by atoms with Gasteiger partial charge in [-0.15, -0.1) is 0 Å². The summed E-state index contributed by atoms with van der Waals surface area (Å²) in [5.74, 6) is 6.74. The predicted molar refractivity (Wildman–Crippen MR) is 53.6 cm³/mol. The van der Waals surface area contributed by atoms with Gasteiger partial charge in [0.2, 0.25) is 0 Å². The second-order valence-electron chi connectivity index (χ2n) is 4.08. The number of hydrogen-bond donors (Lipinski definition) is 2. The maximum atomic E-state index is 8.91. The first kappa shape index (κ1) is 10.5. The van der Waals surface area contributed by atoms with E-state index in [0.29, 0.717) is 0 Å². The van der Waals surface area contributed by atoms with Crippen molar-refractivity contribution in [1.29, 1.82) is 0 Å². The molecule has 1 rings (SSSR count). The number of allylic oxidation sites excluding steroid dienone is 1. The molecule has 3 nitrogen and oxygen atoms in total. The molecular formula is C10H20N2O. The summed E-state index contributed by atoms with van der Waals surface area (Å²) in [6.07, 6.45) is 5.80. The summed E-state index contributed by atoms with van der Waals surface area (Å²) in [6.45, 7) is 2.19. The van der Waals surface area contributed by atoms with Crippen molar-refractivity contribution in [3.8, 4) is 0 Å². The molecule has 0 spiro atoms. The van der Waals surface area contributed by atoms with Crippen molar-refractivity contribution in [1.82, 2.24) is 5.01 Å². The standard InChI is InChI=1S/C10H20N2O/c1-8(7-13)5-10(12(2)11)6-9-3-4-9/h5,8-9,13H,3-4,6-7,11H2,1-2H3/b10-5-. The Bertz CT molecular complexity index is 185. The van der Waals surface area contributed by atoms with Crippen LogP contribution in [0.4, 0.5) is 0 Å². The van der Waals surface area contributed by atoms with Crippen LogP contribution in [0, 0.1) is 11.8 Å². The largest absolute Gasteiger partial charge is 0.396 e. The van der Waals surface area contributed by atoms with Gasteiger partial charge in [-0.25, -0.2) is 5.84 Å². The summed E-state index contributed by atoms with van der Waals surface area (Å²) in [7, 11) is 1.86. The first-order valence-corrected chi connectivity index (χ1v) is 4.93. The molecule has 0 aromatic carbocycles. The molecule has 1 saturated carbocycles. The third-order valence-electron chi connectivity index (χ3n) is 2.41. The second kappa shape index (κ2) is 4.63. The third kappa shape index (κ3) is 3.79. The molecule has 0 radical (unpaired) electrons. The van der Waals surface area contributed by atoms with Crippen molar-refractivity contribution in [3.05, 3.63) is 11.8 Å². The molecule has 0 aromatic rings. The highest BCUT2D eigenvalue weighted by molar-refractivity contribution is 5.04. The van der Waals surface area contributed by atoms with Crippen LogP contribution in [0.1, 0.15) is 26.2 Å². The topological polar surface area (TPSA) is 49.5 Å². The molecule has 1 aliphatic rings. The minimum Gasteiger partial charge on any atom is -0.396 e. The van der Waals surface area contributed by atoms with E-state index in [1.54, 1.807) is 5.01 Å². The zero-order valence-corrected chi connectivity index (χ0v) is 8.53. The number of hydrogen-bond acceptors (Lipinski definition) is 3. The minimum atomic E-state index is 0.196. The van der Waals surface area contributed by atoms with Crippen molar-refractivity contribution in [2.75, 3.05) is 13.7 Å². The summed E-state index contributed by atoms with van der Waals surface area (Å²) >= 11 is 0. The number of rotatable bonds is 5. The number of nitrogens with zero attached hydrogens (tertiary/aromatic N) is 1. The quantitative estimate of drug-likeness (QED) is 0.497. The van der Waals surface area contributed by atoms with Gasteiger partial charge in [-0.05, 0) is 31.1 Å². The number of nitrogens with two attached hydrogens (primary N) is 1. The highest BCUT2D eigenvalue weighted by Gasteiger charge is 2.23. The van der Waals surface area contributed by atoms with Crippen LogP contribution in [-0.2, 0) is 0 Å². The van der Waals surface area contributed by atoms with Gasteiger partial charge in [-0.1, -0.05) is 13.0 Å². The molecule has 1 unspecified atom stereocenters. The van der Waals surface area contributed by atoms with Crippen LogP contribution in [0.2, 0.25) is 0 Å². The Kier molecular flexibility index (Phi) is 3.75. The molecule has 0 amide bonds. The lowest BCUT2D eigenvalue weighted by atomic mass is 10.1. The molecule has 1 aliphatic carbocycles. The van der Waals surface area contributed by atoms with Crippen molar-refractivity contribution >= 4 is 0 Å². The molecule has 3 N–H and O–H groups in total. The molecule has 0 saturated heterocycles. The van der Waals surface area contributed by atoms with Gasteiger partial charge in [0.25, 0.3) is 0 Å². The molecular weight excluding hydrogens is 164 g/mol. The molecule has 0 bridgehead atoms. The summed E-state index contributed by atoms with van der Waals surface area (Å²) in [5, 5.41) is 10.6. The molecule has 0 aliphatic heterocycles. The van der Waals surface area contributed by atoms with E-state index < -0.39 is 0 Å². The molecule has 1 atom stereocenters. The normalized spacial score (nSPS) is 20.2. The van der Waals surface area contributed by atoms with Gasteiger partial charge in [-0.3, -0.25) is 0 Å². The summed E-state index contributed by atoms with van der Waals surface area (Å²) in [5.41, 5.74) is 1.16. The lowest BCUT2D eigenvalue weighted by molar-refractivity contribution is 0.259. The Hall–Kier alpha value is -0.540. The van der Waals surface area contributed by atoms with Crippen molar-refractivity contribution in [3.63, 3.8) is 0 Å². The first-order valence-electron chi connectivity index (χ1n) is 4.93. The van der Waals surface area contributed by atoms with Crippen LogP contribution in [0.25, 0.3) is 0 Å². The lowest BCUT2D eigenvalue weighted by Crippen LogP contribution is -2.26. The van der Waals surface area contributed by atoms with E-state index >= 15 is 0 Å². The van der Waals surface area contributed by atoms with E-state index in [1.807, 2.05) is 14.0 Å².